The molecular weight excluding hydrogens is 767 g/mol. The number of unbranched alkanes of at least 4 members (excludes halogenated alkanes) is 30. The minimum Gasteiger partial charge on any atom is -0.393 e. The summed E-state index contributed by atoms with van der Waals surface area (Å²) < 4.78 is 0. The number of amides is 1. The van der Waals surface area contributed by atoms with Crippen molar-refractivity contribution >= 4 is 5.91 Å². The van der Waals surface area contributed by atoms with Crippen LogP contribution >= 0.6 is 0 Å². The zero-order valence-electron chi connectivity index (χ0n) is 43.7. The second kappa shape index (κ2) is 32.2. The van der Waals surface area contributed by atoms with Crippen LogP contribution in [0.5, 0.6) is 0 Å². The molecule has 4 fully saturated rings. The normalized spacial score (nSPS) is 28.4. The summed E-state index contributed by atoms with van der Waals surface area (Å²) >= 11 is 0. The quantitative estimate of drug-likeness (QED) is 0.0628. The van der Waals surface area contributed by atoms with Crippen molar-refractivity contribution in [2.24, 2.45) is 46.3 Å². The maximum atomic E-state index is 14.1. The molecule has 63 heavy (non-hydrogen) atoms. The number of hydrogen-bond donors (Lipinski definition) is 1. The van der Waals surface area contributed by atoms with Gasteiger partial charge in [-0.05, 0) is 123 Å². The molecule has 4 saturated carbocycles. The molecule has 0 aromatic heterocycles. The van der Waals surface area contributed by atoms with Crippen molar-refractivity contribution in [1.82, 2.24) is 4.90 Å². The number of carbonyl (C=O) groups is 1. The number of aliphatic hydroxyl groups excluding tert-OH is 1. The van der Waals surface area contributed by atoms with Crippen molar-refractivity contribution in [2.75, 3.05) is 13.1 Å². The smallest absolute Gasteiger partial charge is 0.222 e. The molecule has 1 amide bonds. The summed E-state index contributed by atoms with van der Waals surface area (Å²) in [7, 11) is 0. The van der Waals surface area contributed by atoms with E-state index in [1.165, 1.54) is 250 Å². The predicted molar refractivity (Wildman–Crippen MR) is 275 cm³/mol. The maximum absolute atomic E-state index is 14.1. The Balaban J connectivity index is 1.13. The highest BCUT2D eigenvalue weighted by molar-refractivity contribution is 5.76. The Bertz CT molecular complexity index is 1100. The number of fused-ring (bicyclic) bond motifs is 5. The third kappa shape index (κ3) is 19.2. The molecule has 0 bridgehead atoms. The molecule has 4 aliphatic rings. The molecule has 0 saturated heterocycles. The molecule has 4 aliphatic carbocycles. The molecule has 9 atom stereocenters. The van der Waals surface area contributed by atoms with Crippen LogP contribution < -0.4 is 0 Å². The van der Waals surface area contributed by atoms with Gasteiger partial charge in [-0.2, -0.15) is 0 Å². The van der Waals surface area contributed by atoms with Crippen LogP contribution in [0.25, 0.3) is 0 Å². The fourth-order valence-corrected chi connectivity index (χ4v) is 15.0. The minimum atomic E-state index is -0.0494. The van der Waals surface area contributed by atoms with Crippen LogP contribution in [0.1, 0.15) is 311 Å². The predicted octanol–water partition coefficient (Wildman–Crippen LogP) is 18.8. The highest BCUT2D eigenvalue weighted by atomic mass is 16.3. The van der Waals surface area contributed by atoms with Gasteiger partial charge in [-0.3, -0.25) is 4.79 Å². The lowest BCUT2D eigenvalue weighted by atomic mass is 9.44. The van der Waals surface area contributed by atoms with Crippen molar-refractivity contribution < 1.29 is 9.90 Å². The van der Waals surface area contributed by atoms with E-state index < -0.39 is 0 Å². The van der Waals surface area contributed by atoms with Gasteiger partial charge in [0, 0.05) is 19.5 Å². The largest absolute Gasteiger partial charge is 0.393 e. The number of carbonyl (C=O) groups excluding carboxylic acids is 1. The molecule has 0 aromatic rings. The summed E-state index contributed by atoms with van der Waals surface area (Å²) in [5.41, 5.74) is 0.920. The highest BCUT2D eigenvalue weighted by Gasteiger charge is 2.60. The van der Waals surface area contributed by atoms with E-state index in [2.05, 4.69) is 39.5 Å². The Kier molecular flexibility index (Phi) is 28.2. The minimum absolute atomic E-state index is 0.0494. The third-order valence-corrected chi connectivity index (χ3v) is 19.1. The van der Waals surface area contributed by atoms with Crippen molar-refractivity contribution in [3.05, 3.63) is 0 Å². The first-order valence-electron chi connectivity index (χ1n) is 29.7. The van der Waals surface area contributed by atoms with E-state index >= 15 is 0 Å². The highest BCUT2D eigenvalue weighted by Crippen LogP contribution is 2.68. The van der Waals surface area contributed by atoms with Gasteiger partial charge in [0.1, 0.15) is 0 Å². The van der Waals surface area contributed by atoms with Gasteiger partial charge in [0.2, 0.25) is 5.91 Å². The SMILES string of the molecule is CCCCCCCCCCCCCCCCCCN(CCCCCCCCCCCCCCCCCC)C(=O)CC[C@@H](C)[C@H]1CC[C@H]2[C@@H]3CC[C@@H]4C[C@H](O)CC[C@]4(C)[C@H]3CC[C@]12C. The second-order valence-corrected chi connectivity index (χ2v) is 23.8. The van der Waals surface area contributed by atoms with Crippen molar-refractivity contribution in [1.29, 1.82) is 0 Å². The number of rotatable bonds is 38. The number of nitrogens with zero attached hydrogens (tertiary/aromatic N) is 1. The lowest BCUT2D eigenvalue weighted by Gasteiger charge is -2.61. The van der Waals surface area contributed by atoms with Gasteiger partial charge < -0.3 is 10.0 Å². The van der Waals surface area contributed by atoms with Gasteiger partial charge in [0.15, 0.2) is 0 Å². The number of aliphatic hydroxyl groups is 1. The molecule has 3 nitrogen and oxygen atoms in total. The summed E-state index contributed by atoms with van der Waals surface area (Å²) in [5.74, 6) is 5.29. The van der Waals surface area contributed by atoms with Crippen molar-refractivity contribution in [3.63, 3.8) is 0 Å². The van der Waals surface area contributed by atoms with Crippen LogP contribution in [0.3, 0.4) is 0 Å². The Hall–Kier alpha value is -0.570. The van der Waals surface area contributed by atoms with Gasteiger partial charge in [0.05, 0.1) is 6.10 Å². The first-order chi connectivity index (χ1) is 30.7. The van der Waals surface area contributed by atoms with Gasteiger partial charge in [0.25, 0.3) is 0 Å². The summed E-state index contributed by atoms with van der Waals surface area (Å²) in [6.45, 7) is 14.5. The van der Waals surface area contributed by atoms with Crippen molar-refractivity contribution in [2.45, 2.75) is 317 Å². The molecule has 0 aliphatic heterocycles. The van der Waals surface area contributed by atoms with E-state index in [9.17, 15) is 9.90 Å². The first kappa shape index (κ1) is 55.0. The molecule has 0 unspecified atom stereocenters. The van der Waals surface area contributed by atoms with Crippen LogP contribution in [0.4, 0.5) is 0 Å². The zero-order chi connectivity index (χ0) is 45.0. The Morgan fingerprint density at radius 2 is 0.905 bits per heavy atom. The fourth-order valence-electron chi connectivity index (χ4n) is 15.0. The Labute approximate surface area is 395 Å². The summed E-state index contributed by atoms with van der Waals surface area (Å²) in [4.78, 5) is 16.4. The number of hydrogen-bond acceptors (Lipinski definition) is 2. The monoisotopic (exact) mass is 880 g/mol. The van der Waals surface area contributed by atoms with Crippen LogP contribution in [-0.2, 0) is 4.79 Å². The average Bonchev–Trinajstić information content (AvgIpc) is 3.64. The van der Waals surface area contributed by atoms with E-state index in [1.54, 1.807) is 0 Å². The fraction of sp³-hybridized carbons (Fsp3) is 0.983. The van der Waals surface area contributed by atoms with Crippen LogP contribution in [0, 0.1) is 46.3 Å². The topological polar surface area (TPSA) is 40.5 Å². The lowest BCUT2D eigenvalue weighted by molar-refractivity contribution is -0.133. The van der Waals surface area contributed by atoms with Gasteiger partial charge >= 0.3 is 0 Å². The van der Waals surface area contributed by atoms with Gasteiger partial charge in [-0.1, -0.05) is 227 Å². The van der Waals surface area contributed by atoms with Crippen LogP contribution in [-0.4, -0.2) is 35.1 Å². The van der Waals surface area contributed by atoms with E-state index in [0.29, 0.717) is 22.7 Å². The molecule has 0 spiro atoms. The van der Waals surface area contributed by atoms with E-state index in [1.807, 2.05) is 0 Å². The van der Waals surface area contributed by atoms with E-state index in [4.69, 9.17) is 0 Å². The van der Waals surface area contributed by atoms with Gasteiger partial charge in [-0.25, -0.2) is 0 Å². The summed E-state index contributed by atoms with van der Waals surface area (Å²) in [6.07, 6.45) is 58.4. The van der Waals surface area contributed by atoms with Crippen LogP contribution in [0.15, 0.2) is 0 Å². The van der Waals surface area contributed by atoms with Crippen LogP contribution in [0.2, 0.25) is 0 Å². The zero-order valence-corrected chi connectivity index (χ0v) is 43.7. The summed E-state index contributed by atoms with van der Waals surface area (Å²) in [5, 5.41) is 10.5. The second-order valence-electron chi connectivity index (χ2n) is 23.8. The van der Waals surface area contributed by atoms with E-state index in [-0.39, 0.29) is 6.10 Å². The lowest BCUT2D eigenvalue weighted by Crippen LogP contribution is -2.54. The molecular formula is C60H113NO2. The van der Waals surface area contributed by atoms with Gasteiger partial charge in [-0.15, -0.1) is 0 Å². The summed E-state index contributed by atoms with van der Waals surface area (Å²) in [6, 6.07) is 0. The van der Waals surface area contributed by atoms with E-state index in [0.717, 1.165) is 68.4 Å². The molecule has 4 rings (SSSR count). The molecule has 370 valence electrons. The Morgan fingerprint density at radius 1 is 0.508 bits per heavy atom. The first-order valence-corrected chi connectivity index (χ1v) is 29.7. The molecule has 1 N–H and O–H groups in total. The molecule has 0 heterocycles. The molecule has 3 heteroatoms. The molecule has 0 radical (unpaired) electrons. The molecule has 0 aromatic carbocycles. The maximum Gasteiger partial charge on any atom is 0.222 e. The average molecular weight is 881 g/mol. The standard InChI is InChI=1S/C60H113NO2/c1-6-8-10-12-14-16-18-20-22-24-26-28-30-32-34-36-48-61(49-37-35-33-31-29-27-25-23-21-19-17-15-13-11-9-7-2)58(63)43-38-51(3)55-41-42-56-54-40-39-52-50-53(62)44-46-59(52,4)57(54)45-47-60(55,56)5/h51-57,62H,6-50H2,1-5H3/t51-,52-,53-,54+,55-,56+,57+,59+,60-/m1/s1. The van der Waals surface area contributed by atoms with Crippen molar-refractivity contribution in [3.8, 4) is 0 Å². The third-order valence-electron chi connectivity index (χ3n) is 19.1. The Morgan fingerprint density at radius 3 is 1.35 bits per heavy atom.